The fourth-order valence-electron chi connectivity index (χ4n) is 1.35. The Labute approximate surface area is 111 Å². The number of unbranched alkanes of at least 4 members (excludes halogenated alkanes) is 3. The fraction of sp³-hybridized carbons (Fsp3) is 1.00. The lowest BCUT2D eigenvalue weighted by molar-refractivity contribution is 0.434. The van der Waals surface area contributed by atoms with Crippen LogP contribution in [0.25, 0.3) is 0 Å². The minimum absolute atomic E-state index is 0.515. The van der Waals surface area contributed by atoms with Gasteiger partial charge in [-0.2, -0.15) is 0 Å². The van der Waals surface area contributed by atoms with Crippen molar-refractivity contribution in [3.63, 3.8) is 0 Å². The van der Waals surface area contributed by atoms with Gasteiger partial charge in [0.05, 0.1) is 12.5 Å². The smallest absolute Gasteiger partial charge is 0.210 e. The van der Waals surface area contributed by atoms with E-state index in [4.69, 9.17) is 0 Å². The van der Waals surface area contributed by atoms with E-state index in [0.717, 1.165) is 25.7 Å². The summed E-state index contributed by atoms with van der Waals surface area (Å²) in [6, 6.07) is 0. The monoisotopic (exact) mass is 300 g/mol. The van der Waals surface area contributed by atoms with Crippen LogP contribution in [0.15, 0.2) is 0 Å². The molecule has 6 nitrogen and oxygen atoms in total. The number of hydrogen-bond acceptors (Lipinski definition) is 4. The highest BCUT2D eigenvalue weighted by Gasteiger charge is 2.11. The molecule has 0 aliphatic rings. The first-order valence-electron chi connectivity index (χ1n) is 5.88. The van der Waals surface area contributed by atoms with E-state index in [2.05, 4.69) is 0 Å². The van der Waals surface area contributed by atoms with Crippen LogP contribution in [0.2, 0.25) is 0 Å². The number of sulfonamides is 2. The standard InChI is InChI=1S/C10H24N2O4S2/c1-11(17(3,13)14)9-7-5-6-8-10-12(2)18(4,15)16/h5-10H2,1-4H3. The zero-order valence-corrected chi connectivity index (χ0v) is 13.2. The summed E-state index contributed by atoms with van der Waals surface area (Å²) >= 11 is 0. The molecule has 0 atom stereocenters. The van der Waals surface area contributed by atoms with Gasteiger partial charge < -0.3 is 0 Å². The van der Waals surface area contributed by atoms with E-state index >= 15 is 0 Å². The first kappa shape index (κ1) is 17.8. The lowest BCUT2D eigenvalue weighted by Gasteiger charge is -2.15. The summed E-state index contributed by atoms with van der Waals surface area (Å²) in [5.74, 6) is 0. The molecule has 0 N–H and O–H groups in total. The molecule has 0 aromatic heterocycles. The molecule has 0 fully saturated rings. The van der Waals surface area contributed by atoms with Crippen LogP contribution < -0.4 is 0 Å². The summed E-state index contributed by atoms with van der Waals surface area (Å²) in [6.45, 7) is 1.03. The number of hydrogen-bond donors (Lipinski definition) is 0. The van der Waals surface area contributed by atoms with Crippen LogP contribution in [-0.4, -0.2) is 65.1 Å². The maximum Gasteiger partial charge on any atom is 0.210 e. The Morgan fingerprint density at radius 1 is 0.667 bits per heavy atom. The van der Waals surface area contributed by atoms with Gasteiger partial charge in [-0.1, -0.05) is 12.8 Å². The molecule has 0 aromatic carbocycles. The maximum absolute atomic E-state index is 11.1. The summed E-state index contributed by atoms with van der Waals surface area (Å²) in [5, 5.41) is 0. The van der Waals surface area contributed by atoms with Crippen molar-refractivity contribution in [3.8, 4) is 0 Å². The van der Waals surface area contributed by atoms with Gasteiger partial charge in [-0.05, 0) is 12.8 Å². The molecular formula is C10H24N2O4S2. The lowest BCUT2D eigenvalue weighted by atomic mass is 10.2. The third-order valence-electron chi connectivity index (χ3n) is 2.83. The van der Waals surface area contributed by atoms with Gasteiger partial charge >= 0.3 is 0 Å². The second-order valence-corrected chi connectivity index (χ2v) is 8.76. The van der Waals surface area contributed by atoms with Crippen molar-refractivity contribution in [1.29, 1.82) is 0 Å². The first-order chi connectivity index (χ1) is 8.05. The molecule has 110 valence electrons. The molecule has 0 heterocycles. The predicted molar refractivity (Wildman–Crippen MR) is 73.4 cm³/mol. The normalized spacial score (nSPS) is 13.4. The highest BCUT2D eigenvalue weighted by molar-refractivity contribution is 7.88. The van der Waals surface area contributed by atoms with Crippen LogP contribution in [0, 0.1) is 0 Å². The van der Waals surface area contributed by atoms with Crippen molar-refractivity contribution in [3.05, 3.63) is 0 Å². The zero-order valence-electron chi connectivity index (χ0n) is 11.6. The van der Waals surface area contributed by atoms with Crippen LogP contribution >= 0.6 is 0 Å². The summed E-state index contributed by atoms with van der Waals surface area (Å²) in [6.07, 6.45) is 5.77. The summed E-state index contributed by atoms with van der Waals surface area (Å²) < 4.78 is 47.1. The molecule has 0 aliphatic carbocycles. The molecule has 18 heavy (non-hydrogen) atoms. The molecule has 0 radical (unpaired) electrons. The SMILES string of the molecule is CN(CCCCCCN(C)S(C)(=O)=O)S(C)(=O)=O. The van der Waals surface area contributed by atoms with E-state index in [-0.39, 0.29) is 0 Å². The molecule has 0 amide bonds. The van der Waals surface area contributed by atoms with Gasteiger partial charge in [0.25, 0.3) is 0 Å². The van der Waals surface area contributed by atoms with Crippen LogP contribution in [-0.2, 0) is 20.0 Å². The maximum atomic E-state index is 11.1. The van der Waals surface area contributed by atoms with Gasteiger partial charge in [-0.15, -0.1) is 0 Å². The van der Waals surface area contributed by atoms with Gasteiger partial charge in [-0.3, -0.25) is 0 Å². The van der Waals surface area contributed by atoms with Crippen molar-refractivity contribution < 1.29 is 16.8 Å². The zero-order chi connectivity index (χ0) is 14.4. The quantitative estimate of drug-likeness (QED) is 0.575. The first-order valence-corrected chi connectivity index (χ1v) is 9.57. The largest absolute Gasteiger partial charge is 0.213 e. The minimum Gasteiger partial charge on any atom is -0.213 e. The highest BCUT2D eigenvalue weighted by Crippen LogP contribution is 2.05. The molecular weight excluding hydrogens is 276 g/mol. The molecule has 0 saturated heterocycles. The third kappa shape index (κ3) is 8.02. The van der Waals surface area contributed by atoms with Gasteiger partial charge in [-0.25, -0.2) is 25.4 Å². The second kappa shape index (κ2) is 7.42. The molecule has 0 spiro atoms. The third-order valence-corrected chi connectivity index (χ3v) is 5.46. The molecule has 0 aromatic rings. The van der Waals surface area contributed by atoms with Crippen LogP contribution in [0.5, 0.6) is 0 Å². The van der Waals surface area contributed by atoms with E-state index in [9.17, 15) is 16.8 Å². The summed E-state index contributed by atoms with van der Waals surface area (Å²) in [4.78, 5) is 0. The Morgan fingerprint density at radius 2 is 0.944 bits per heavy atom. The van der Waals surface area contributed by atoms with Crippen molar-refractivity contribution in [2.45, 2.75) is 25.7 Å². The van der Waals surface area contributed by atoms with Crippen molar-refractivity contribution in [2.24, 2.45) is 0 Å². The Bertz CT molecular complexity index is 389. The summed E-state index contributed by atoms with van der Waals surface area (Å²) in [5.41, 5.74) is 0. The Kier molecular flexibility index (Phi) is 7.34. The van der Waals surface area contributed by atoms with Gasteiger partial charge in [0.2, 0.25) is 20.0 Å². The average molecular weight is 300 g/mol. The van der Waals surface area contributed by atoms with Gasteiger partial charge in [0.1, 0.15) is 0 Å². The fourth-order valence-corrected chi connectivity index (χ4v) is 2.28. The number of rotatable bonds is 9. The molecule has 0 bridgehead atoms. The van der Waals surface area contributed by atoms with Crippen molar-refractivity contribution in [1.82, 2.24) is 8.61 Å². The van der Waals surface area contributed by atoms with Gasteiger partial charge in [0.15, 0.2) is 0 Å². The molecule has 0 unspecified atom stereocenters. The predicted octanol–water partition coefficient (Wildman–Crippen LogP) is 0.330. The average Bonchev–Trinajstić information content (AvgIpc) is 2.19. The topological polar surface area (TPSA) is 74.8 Å². The Balaban J connectivity index is 3.65. The van der Waals surface area contributed by atoms with Crippen LogP contribution in [0.4, 0.5) is 0 Å². The molecule has 8 heteroatoms. The van der Waals surface area contributed by atoms with E-state index < -0.39 is 20.0 Å². The van der Waals surface area contributed by atoms with Crippen molar-refractivity contribution >= 4 is 20.0 Å². The van der Waals surface area contributed by atoms with E-state index in [0.29, 0.717) is 13.1 Å². The molecule has 0 rings (SSSR count). The second-order valence-electron chi connectivity index (χ2n) is 4.58. The van der Waals surface area contributed by atoms with Crippen LogP contribution in [0.3, 0.4) is 0 Å². The van der Waals surface area contributed by atoms with Crippen molar-refractivity contribution in [2.75, 3.05) is 39.7 Å². The minimum atomic E-state index is -3.08. The van der Waals surface area contributed by atoms with E-state index in [1.165, 1.54) is 21.1 Å². The lowest BCUT2D eigenvalue weighted by Crippen LogP contribution is -2.27. The highest BCUT2D eigenvalue weighted by atomic mass is 32.2. The Morgan fingerprint density at radius 3 is 1.17 bits per heavy atom. The molecule has 0 saturated carbocycles. The van der Waals surface area contributed by atoms with E-state index in [1.807, 2.05) is 0 Å². The number of nitrogens with zero attached hydrogens (tertiary/aromatic N) is 2. The van der Waals surface area contributed by atoms with Crippen LogP contribution in [0.1, 0.15) is 25.7 Å². The molecule has 0 aliphatic heterocycles. The summed E-state index contributed by atoms with van der Waals surface area (Å²) in [7, 11) is -3.04. The van der Waals surface area contributed by atoms with E-state index in [1.54, 1.807) is 14.1 Å². The van der Waals surface area contributed by atoms with Gasteiger partial charge in [0, 0.05) is 27.2 Å². The Hall–Kier alpha value is -0.180.